The number of aromatic nitrogens is 2. The monoisotopic (exact) mass is 308 g/mol. The summed E-state index contributed by atoms with van der Waals surface area (Å²) in [4.78, 5) is 4.38. The predicted octanol–water partition coefficient (Wildman–Crippen LogP) is 3.33. The Morgan fingerprint density at radius 3 is 2.52 bits per heavy atom. The molecule has 1 unspecified atom stereocenters. The summed E-state index contributed by atoms with van der Waals surface area (Å²) >= 11 is 0. The minimum atomic E-state index is -0.781. The molecule has 0 fully saturated rings. The molecule has 1 atom stereocenters. The van der Waals surface area contributed by atoms with Gasteiger partial charge in [0.2, 0.25) is 0 Å². The average Bonchev–Trinajstić information content (AvgIpc) is 2.96. The van der Waals surface area contributed by atoms with Crippen LogP contribution >= 0.6 is 0 Å². The highest BCUT2D eigenvalue weighted by molar-refractivity contribution is 5.39. The van der Waals surface area contributed by atoms with Gasteiger partial charge in [-0.05, 0) is 18.6 Å². The topological polar surface area (TPSA) is 47.3 Å². The third-order valence-corrected chi connectivity index (χ3v) is 3.98. The molecule has 4 heteroatoms. The number of aliphatic hydroxyl groups excluding tert-OH is 1. The van der Waals surface area contributed by atoms with Crippen LogP contribution in [0.4, 0.5) is 0 Å². The number of nitrogens with zero attached hydrogens (tertiary/aromatic N) is 2. The number of rotatable bonds is 5. The summed E-state index contributed by atoms with van der Waals surface area (Å²) < 4.78 is 7.40. The molecule has 1 heterocycles. The van der Waals surface area contributed by atoms with Crippen LogP contribution in [0.15, 0.2) is 60.8 Å². The van der Waals surface area contributed by atoms with Gasteiger partial charge >= 0.3 is 0 Å². The highest BCUT2D eigenvalue weighted by atomic mass is 16.5. The highest BCUT2D eigenvalue weighted by Gasteiger charge is 2.20. The van der Waals surface area contributed by atoms with E-state index in [4.69, 9.17) is 4.74 Å². The van der Waals surface area contributed by atoms with Crippen molar-refractivity contribution in [3.63, 3.8) is 0 Å². The predicted molar refractivity (Wildman–Crippen MR) is 89.6 cm³/mol. The molecule has 1 N–H and O–H groups in total. The van der Waals surface area contributed by atoms with Crippen LogP contribution < -0.4 is 4.74 Å². The molecule has 4 nitrogen and oxygen atoms in total. The van der Waals surface area contributed by atoms with Gasteiger partial charge in [0, 0.05) is 12.1 Å². The van der Waals surface area contributed by atoms with Gasteiger partial charge in [0.15, 0.2) is 0 Å². The van der Waals surface area contributed by atoms with E-state index < -0.39 is 6.10 Å². The number of aryl methyl sites for hydroxylation is 1. The molecule has 0 aliphatic carbocycles. The second-order valence-corrected chi connectivity index (χ2v) is 5.45. The third-order valence-electron chi connectivity index (χ3n) is 3.98. The maximum absolute atomic E-state index is 10.8. The summed E-state index contributed by atoms with van der Waals surface area (Å²) in [5.41, 5.74) is 2.67. The summed E-state index contributed by atoms with van der Waals surface area (Å²) in [6, 6.07) is 17.7. The largest absolute Gasteiger partial charge is 0.496 e. The van der Waals surface area contributed by atoms with Gasteiger partial charge in [0.1, 0.15) is 17.7 Å². The van der Waals surface area contributed by atoms with Gasteiger partial charge in [-0.15, -0.1) is 0 Å². The van der Waals surface area contributed by atoms with Crippen molar-refractivity contribution in [3.05, 3.63) is 83.4 Å². The standard InChI is InChI=1S/C19H20N2O2/c1-14-20-12-17(21(14)13-15-8-4-3-5-9-15)19(22)16-10-6-7-11-18(16)23-2/h3-12,19,22H,13H2,1-2H3. The van der Waals surface area contributed by atoms with E-state index in [1.54, 1.807) is 13.3 Å². The smallest absolute Gasteiger partial charge is 0.125 e. The quantitative estimate of drug-likeness (QED) is 0.786. The first kappa shape index (κ1) is 15.3. The Hall–Kier alpha value is -2.59. The second-order valence-electron chi connectivity index (χ2n) is 5.45. The molecule has 118 valence electrons. The molecule has 3 rings (SSSR count). The number of ether oxygens (including phenoxy) is 1. The number of hydrogen-bond acceptors (Lipinski definition) is 3. The van der Waals surface area contributed by atoms with Crippen molar-refractivity contribution in [2.45, 2.75) is 19.6 Å². The second kappa shape index (κ2) is 6.67. The SMILES string of the molecule is COc1ccccc1C(O)c1cnc(C)n1Cc1ccccc1. The van der Waals surface area contributed by atoms with E-state index in [-0.39, 0.29) is 0 Å². The summed E-state index contributed by atoms with van der Waals surface area (Å²) in [7, 11) is 1.61. The molecule has 0 aliphatic rings. The Labute approximate surface area is 136 Å². The maximum Gasteiger partial charge on any atom is 0.125 e. The van der Waals surface area contributed by atoms with E-state index in [1.807, 2.05) is 54.0 Å². The van der Waals surface area contributed by atoms with Crippen LogP contribution in [-0.2, 0) is 6.54 Å². The molecule has 3 aromatic rings. The number of imidazole rings is 1. The van der Waals surface area contributed by atoms with Crippen molar-refractivity contribution < 1.29 is 9.84 Å². The minimum absolute atomic E-state index is 0.671. The molecule has 0 saturated carbocycles. The fraction of sp³-hybridized carbons (Fsp3) is 0.211. The molecule has 0 spiro atoms. The molecular weight excluding hydrogens is 288 g/mol. The van der Waals surface area contributed by atoms with Crippen LogP contribution in [-0.4, -0.2) is 21.8 Å². The van der Waals surface area contributed by atoms with Crippen molar-refractivity contribution in [2.24, 2.45) is 0 Å². The Morgan fingerprint density at radius 1 is 1.09 bits per heavy atom. The zero-order valence-electron chi connectivity index (χ0n) is 13.3. The average molecular weight is 308 g/mol. The molecule has 0 bridgehead atoms. The fourth-order valence-electron chi connectivity index (χ4n) is 2.73. The molecule has 0 saturated heterocycles. The van der Waals surface area contributed by atoms with Gasteiger partial charge in [0.25, 0.3) is 0 Å². The van der Waals surface area contributed by atoms with Crippen LogP contribution in [0.5, 0.6) is 5.75 Å². The molecule has 0 amide bonds. The van der Waals surface area contributed by atoms with Gasteiger partial charge < -0.3 is 14.4 Å². The van der Waals surface area contributed by atoms with Gasteiger partial charge in [-0.3, -0.25) is 0 Å². The Balaban J connectivity index is 1.97. The van der Waals surface area contributed by atoms with Crippen LogP contribution in [0, 0.1) is 6.92 Å². The number of benzene rings is 2. The van der Waals surface area contributed by atoms with Crippen molar-refractivity contribution in [2.75, 3.05) is 7.11 Å². The van der Waals surface area contributed by atoms with E-state index in [9.17, 15) is 5.11 Å². The summed E-state index contributed by atoms with van der Waals surface area (Å²) in [5, 5.41) is 10.8. The zero-order valence-corrected chi connectivity index (χ0v) is 13.3. The molecule has 0 aliphatic heterocycles. The fourth-order valence-corrected chi connectivity index (χ4v) is 2.73. The van der Waals surface area contributed by atoms with E-state index in [2.05, 4.69) is 17.1 Å². The Morgan fingerprint density at radius 2 is 1.78 bits per heavy atom. The lowest BCUT2D eigenvalue weighted by Crippen LogP contribution is -2.12. The van der Waals surface area contributed by atoms with Gasteiger partial charge in [-0.2, -0.15) is 0 Å². The van der Waals surface area contributed by atoms with E-state index >= 15 is 0 Å². The number of hydrogen-bond donors (Lipinski definition) is 1. The molecule has 23 heavy (non-hydrogen) atoms. The van der Waals surface area contributed by atoms with Gasteiger partial charge in [-0.1, -0.05) is 48.5 Å². The van der Waals surface area contributed by atoms with Crippen LogP contribution in [0.1, 0.15) is 28.7 Å². The third kappa shape index (κ3) is 3.12. The van der Waals surface area contributed by atoms with Crippen LogP contribution in [0.3, 0.4) is 0 Å². The Kier molecular flexibility index (Phi) is 4.44. The van der Waals surface area contributed by atoms with E-state index in [1.165, 1.54) is 5.56 Å². The minimum Gasteiger partial charge on any atom is -0.496 e. The molecule has 2 aromatic carbocycles. The van der Waals surface area contributed by atoms with Crippen molar-refractivity contribution >= 4 is 0 Å². The van der Waals surface area contributed by atoms with Crippen LogP contribution in [0.2, 0.25) is 0 Å². The van der Waals surface area contributed by atoms with Gasteiger partial charge in [-0.25, -0.2) is 4.98 Å². The number of para-hydroxylation sites is 1. The lowest BCUT2D eigenvalue weighted by Gasteiger charge is -2.17. The lowest BCUT2D eigenvalue weighted by atomic mass is 10.1. The normalized spacial score (nSPS) is 12.1. The number of methoxy groups -OCH3 is 1. The lowest BCUT2D eigenvalue weighted by molar-refractivity contribution is 0.205. The molecule has 0 radical (unpaired) electrons. The molecular formula is C19H20N2O2. The first-order valence-electron chi connectivity index (χ1n) is 7.57. The first-order valence-corrected chi connectivity index (χ1v) is 7.57. The highest BCUT2D eigenvalue weighted by Crippen LogP contribution is 2.30. The Bertz CT molecular complexity index is 781. The maximum atomic E-state index is 10.8. The van der Waals surface area contributed by atoms with Crippen molar-refractivity contribution in [1.82, 2.24) is 9.55 Å². The summed E-state index contributed by atoms with van der Waals surface area (Å²) in [5.74, 6) is 1.54. The first-order chi connectivity index (χ1) is 11.2. The van der Waals surface area contributed by atoms with Crippen molar-refractivity contribution in [1.29, 1.82) is 0 Å². The summed E-state index contributed by atoms with van der Waals surface area (Å²) in [6.07, 6.45) is 0.950. The van der Waals surface area contributed by atoms with E-state index in [0.717, 1.165) is 17.1 Å². The zero-order chi connectivity index (χ0) is 16.2. The van der Waals surface area contributed by atoms with Crippen LogP contribution in [0.25, 0.3) is 0 Å². The number of aliphatic hydroxyl groups is 1. The van der Waals surface area contributed by atoms with Gasteiger partial charge in [0.05, 0.1) is 19.0 Å². The molecule has 1 aromatic heterocycles. The van der Waals surface area contributed by atoms with Crippen molar-refractivity contribution in [3.8, 4) is 5.75 Å². The summed E-state index contributed by atoms with van der Waals surface area (Å²) in [6.45, 7) is 2.62. The van der Waals surface area contributed by atoms with E-state index in [0.29, 0.717) is 12.3 Å².